The summed E-state index contributed by atoms with van der Waals surface area (Å²) in [5, 5.41) is 12.8. The van der Waals surface area contributed by atoms with Crippen LogP contribution in [0.25, 0.3) is 93.6 Å². The van der Waals surface area contributed by atoms with Gasteiger partial charge in [0.25, 0.3) is 0 Å². The highest BCUT2D eigenvalue weighted by Gasteiger charge is 2.43. The van der Waals surface area contributed by atoms with Gasteiger partial charge in [0.2, 0.25) is 0 Å². The van der Waals surface area contributed by atoms with Gasteiger partial charge in [0.05, 0.1) is 38.8 Å². The first-order valence-corrected chi connectivity index (χ1v) is 26.2. The van der Waals surface area contributed by atoms with E-state index in [0.29, 0.717) is 0 Å². The number of hydrogen-bond acceptors (Lipinski definition) is 0. The second-order valence-corrected chi connectivity index (χ2v) is 22.2. The topological polar surface area (TPSA) is 14.8 Å². The lowest BCUT2D eigenvalue weighted by molar-refractivity contribution is 1.15. The van der Waals surface area contributed by atoms with Crippen LogP contribution >= 0.6 is 0 Å². The highest BCUT2D eigenvalue weighted by atomic mass is 28.3. The van der Waals surface area contributed by atoms with Gasteiger partial charge in [0.1, 0.15) is 0 Å². The Morgan fingerprint density at radius 1 is 0.257 bits per heavy atom. The molecule has 0 N–H and O–H groups in total. The highest BCUT2D eigenvalue weighted by molar-refractivity contribution is 7.20. The van der Waals surface area contributed by atoms with E-state index < -0.39 is 8.07 Å². The zero-order chi connectivity index (χ0) is 46.2. The molecule has 4 heteroatoms. The van der Waals surface area contributed by atoms with E-state index in [-0.39, 0.29) is 0 Å². The number of fused-ring (bicyclic) bond motifs is 9. The van der Waals surface area contributed by atoms with E-state index in [1.165, 1.54) is 86.3 Å². The van der Waals surface area contributed by atoms with Crippen LogP contribution in [0.4, 0.5) is 0 Å². The quantitative estimate of drug-likeness (QED) is 0.107. The molecule has 0 saturated heterocycles. The molecule has 0 saturated carbocycles. The van der Waals surface area contributed by atoms with Crippen LogP contribution in [0.5, 0.6) is 0 Å². The van der Waals surface area contributed by atoms with Crippen LogP contribution in [0, 0.1) is 0 Å². The molecule has 0 amide bonds. The number of aromatic nitrogens is 3. The molecule has 14 aromatic rings. The summed E-state index contributed by atoms with van der Waals surface area (Å²) in [6.45, 7) is 0. The summed E-state index contributed by atoms with van der Waals surface area (Å²) < 4.78 is 7.55. The second kappa shape index (κ2) is 16.1. The van der Waals surface area contributed by atoms with Gasteiger partial charge < -0.3 is 13.7 Å². The maximum atomic E-state index is 2.61. The Morgan fingerprint density at radius 2 is 0.657 bits per heavy atom. The third kappa shape index (κ3) is 5.94. The van der Waals surface area contributed by atoms with Gasteiger partial charge in [-0.2, -0.15) is 0 Å². The summed E-state index contributed by atoms with van der Waals surface area (Å²) in [6.07, 6.45) is 0. The van der Waals surface area contributed by atoms with Crippen molar-refractivity contribution in [1.82, 2.24) is 13.7 Å². The van der Waals surface area contributed by atoms with Crippen LogP contribution in [0.3, 0.4) is 0 Å². The van der Waals surface area contributed by atoms with Gasteiger partial charge in [-0.05, 0) is 74.8 Å². The van der Waals surface area contributed by atoms with Crippen LogP contribution < -0.4 is 20.7 Å². The maximum absolute atomic E-state index is 3.05. The van der Waals surface area contributed by atoms with Crippen molar-refractivity contribution in [1.29, 1.82) is 0 Å². The van der Waals surface area contributed by atoms with Crippen LogP contribution in [-0.2, 0) is 0 Å². The van der Waals surface area contributed by atoms with Gasteiger partial charge in [-0.15, -0.1) is 0 Å². The lowest BCUT2D eigenvalue weighted by atomic mass is 10.0. The van der Waals surface area contributed by atoms with Crippen molar-refractivity contribution in [2.24, 2.45) is 0 Å². The lowest BCUT2D eigenvalue weighted by Gasteiger charge is -2.35. The second-order valence-electron chi connectivity index (χ2n) is 18.4. The molecule has 0 bridgehead atoms. The Balaban J connectivity index is 1.15. The number of para-hydroxylation sites is 5. The van der Waals surface area contributed by atoms with Gasteiger partial charge in [0.15, 0.2) is 8.07 Å². The predicted molar refractivity (Wildman–Crippen MR) is 299 cm³/mol. The smallest absolute Gasteiger partial charge is 0.181 e. The average Bonchev–Trinajstić information content (AvgIpc) is 4.08. The molecule has 0 atom stereocenters. The SMILES string of the molecule is c1ccc(-c2ccccc2-n2c3ccccc3c3ccc(-n4c5cc(-n6c7ccccc7c7ccccc76)ccc5c5cccc([Si](c6ccccc6)(c6ccccc6)c6ccccc6)c54)cc32)cc1. The molecule has 0 aliphatic heterocycles. The summed E-state index contributed by atoms with van der Waals surface area (Å²) in [6, 6.07) is 102. The zero-order valence-corrected chi connectivity index (χ0v) is 39.3. The van der Waals surface area contributed by atoms with Crippen molar-refractivity contribution in [3.63, 3.8) is 0 Å². The summed E-state index contributed by atoms with van der Waals surface area (Å²) in [7, 11) is -3.05. The van der Waals surface area contributed by atoms with Gasteiger partial charge >= 0.3 is 0 Å². The van der Waals surface area contributed by atoms with E-state index in [4.69, 9.17) is 0 Å². The van der Waals surface area contributed by atoms with Crippen LogP contribution in [0.2, 0.25) is 0 Å². The van der Waals surface area contributed by atoms with E-state index in [1.807, 2.05) is 0 Å². The van der Waals surface area contributed by atoms with Crippen molar-refractivity contribution in [2.45, 2.75) is 0 Å². The molecule has 0 spiro atoms. The van der Waals surface area contributed by atoms with E-state index in [9.17, 15) is 0 Å². The standard InChI is InChI=1S/C66H45N3Si/c1-5-22-46(23-6-1)52-30-13-17-35-59(52)69-62-38-20-16-33-55(62)56-42-41-48(45-64(56)69)68-63-44-47(67-60-36-18-14-31-53(60)54-32-15-19-37-61(54)67)40-43-57(63)58-34-21-39-65(66(58)68)70(49-24-7-2-8-25-49,50-26-9-3-10-27-50)51-28-11-4-12-29-51/h1-45H. The number of rotatable bonds is 8. The van der Waals surface area contributed by atoms with Gasteiger partial charge in [-0.1, -0.05) is 224 Å². The third-order valence-corrected chi connectivity index (χ3v) is 19.6. The molecule has 0 radical (unpaired) electrons. The summed E-state index contributed by atoms with van der Waals surface area (Å²) in [4.78, 5) is 0. The van der Waals surface area contributed by atoms with Crippen molar-refractivity contribution in [2.75, 3.05) is 0 Å². The fourth-order valence-corrected chi connectivity index (χ4v) is 16.8. The first kappa shape index (κ1) is 40.1. The van der Waals surface area contributed by atoms with Crippen molar-refractivity contribution in [3.05, 3.63) is 273 Å². The maximum Gasteiger partial charge on any atom is 0.181 e. The van der Waals surface area contributed by atoms with Crippen molar-refractivity contribution < 1.29 is 0 Å². The number of hydrogen-bond donors (Lipinski definition) is 0. The fraction of sp³-hybridized carbons (Fsp3) is 0. The minimum absolute atomic E-state index is 1.11. The Bertz CT molecular complexity index is 4130. The van der Waals surface area contributed by atoms with E-state index in [2.05, 4.69) is 287 Å². The van der Waals surface area contributed by atoms with E-state index >= 15 is 0 Å². The monoisotopic (exact) mass is 907 g/mol. The molecule has 0 aliphatic carbocycles. The minimum Gasteiger partial charge on any atom is -0.309 e. The van der Waals surface area contributed by atoms with Gasteiger partial charge in [0, 0.05) is 49.3 Å². The van der Waals surface area contributed by atoms with E-state index in [1.54, 1.807) is 0 Å². The fourth-order valence-electron chi connectivity index (χ4n) is 11.9. The van der Waals surface area contributed by atoms with E-state index in [0.717, 1.165) is 28.1 Å². The summed E-state index contributed by atoms with van der Waals surface area (Å²) in [5.74, 6) is 0. The highest BCUT2D eigenvalue weighted by Crippen LogP contribution is 2.41. The van der Waals surface area contributed by atoms with Gasteiger partial charge in [-0.25, -0.2) is 0 Å². The van der Waals surface area contributed by atoms with Gasteiger partial charge in [-0.3, -0.25) is 0 Å². The molecule has 3 nitrogen and oxygen atoms in total. The van der Waals surface area contributed by atoms with Crippen LogP contribution in [-0.4, -0.2) is 21.8 Å². The molecule has 14 rings (SSSR count). The molecule has 11 aromatic carbocycles. The molecule has 3 aromatic heterocycles. The Hall–Kier alpha value is -8.96. The molecule has 328 valence electrons. The van der Waals surface area contributed by atoms with Crippen molar-refractivity contribution in [3.8, 4) is 28.2 Å². The molecular weight excluding hydrogens is 863 g/mol. The third-order valence-electron chi connectivity index (χ3n) is 14.8. The minimum atomic E-state index is -3.05. The average molecular weight is 908 g/mol. The van der Waals surface area contributed by atoms with Crippen LogP contribution in [0.15, 0.2) is 273 Å². The first-order valence-electron chi connectivity index (χ1n) is 24.2. The normalized spacial score (nSPS) is 12.0. The van der Waals surface area contributed by atoms with Crippen LogP contribution in [0.1, 0.15) is 0 Å². The molecule has 0 aliphatic rings. The van der Waals surface area contributed by atoms with Crippen molar-refractivity contribution >= 4 is 94.2 Å². The number of nitrogens with zero attached hydrogens (tertiary/aromatic N) is 3. The first-order chi connectivity index (χ1) is 34.8. The summed E-state index contributed by atoms with van der Waals surface area (Å²) in [5.41, 5.74) is 12.9. The number of benzene rings is 11. The Morgan fingerprint density at radius 3 is 1.21 bits per heavy atom. The summed E-state index contributed by atoms with van der Waals surface area (Å²) >= 11 is 0. The lowest BCUT2D eigenvalue weighted by Crippen LogP contribution is -2.75. The zero-order valence-electron chi connectivity index (χ0n) is 38.3. The molecule has 0 unspecified atom stereocenters. The predicted octanol–water partition coefficient (Wildman–Crippen LogP) is 14.0. The molecule has 3 heterocycles. The molecule has 0 fully saturated rings. The molecular formula is C66H45N3Si. The molecule has 70 heavy (non-hydrogen) atoms. The Labute approximate surface area is 407 Å². The Kier molecular flexibility index (Phi) is 9.23. The largest absolute Gasteiger partial charge is 0.309 e.